The maximum Gasteiger partial charge on any atom is 0.313 e. The smallest absolute Gasteiger partial charge is 0.313 e. The monoisotopic (exact) mass is 255 g/mol. The van der Waals surface area contributed by atoms with Crippen molar-refractivity contribution in [2.24, 2.45) is 0 Å². The van der Waals surface area contributed by atoms with E-state index in [9.17, 15) is 4.79 Å². The van der Waals surface area contributed by atoms with Crippen LogP contribution in [0, 0.1) is 0 Å². The van der Waals surface area contributed by atoms with Crippen molar-refractivity contribution in [2.45, 2.75) is 49.6 Å². The molecular formula is C11H17N3O2S. The first-order valence-electron chi connectivity index (χ1n) is 6.02. The Morgan fingerprint density at radius 2 is 2.06 bits per heavy atom. The van der Waals surface area contributed by atoms with Crippen LogP contribution in [-0.4, -0.2) is 32.0 Å². The van der Waals surface area contributed by atoms with Crippen LogP contribution in [0.25, 0.3) is 0 Å². The molecule has 6 heteroatoms. The second-order valence-electron chi connectivity index (χ2n) is 4.37. The molecule has 1 aliphatic carbocycles. The first kappa shape index (κ1) is 12.4. The van der Waals surface area contributed by atoms with E-state index in [1.807, 2.05) is 0 Å². The summed E-state index contributed by atoms with van der Waals surface area (Å²) < 4.78 is 0. The quantitative estimate of drug-likeness (QED) is 0.638. The van der Waals surface area contributed by atoms with Gasteiger partial charge in [-0.3, -0.25) is 9.89 Å². The average molecular weight is 255 g/mol. The number of aromatic nitrogens is 3. The molecule has 0 atom stereocenters. The van der Waals surface area contributed by atoms with Crippen LogP contribution >= 0.6 is 11.8 Å². The summed E-state index contributed by atoms with van der Waals surface area (Å²) in [6.07, 6.45) is 7.46. The predicted molar refractivity (Wildman–Crippen MR) is 65.2 cm³/mol. The maximum absolute atomic E-state index is 10.4. The van der Waals surface area contributed by atoms with Crippen molar-refractivity contribution in [3.8, 4) is 0 Å². The van der Waals surface area contributed by atoms with E-state index in [-0.39, 0.29) is 5.75 Å². The van der Waals surface area contributed by atoms with Gasteiger partial charge < -0.3 is 5.11 Å². The summed E-state index contributed by atoms with van der Waals surface area (Å²) >= 11 is 1.17. The molecule has 1 aromatic rings. The highest BCUT2D eigenvalue weighted by molar-refractivity contribution is 7.99. The molecule has 0 amide bonds. The zero-order valence-electron chi connectivity index (χ0n) is 9.69. The lowest BCUT2D eigenvalue weighted by atomic mass is 10.00. The summed E-state index contributed by atoms with van der Waals surface area (Å²) in [5.74, 6) is 0.585. The zero-order valence-corrected chi connectivity index (χ0v) is 10.5. The largest absolute Gasteiger partial charge is 0.481 e. The van der Waals surface area contributed by atoms with Crippen molar-refractivity contribution in [2.75, 3.05) is 5.75 Å². The number of nitrogens with one attached hydrogen (secondary N) is 1. The Morgan fingerprint density at radius 1 is 1.35 bits per heavy atom. The molecule has 1 saturated carbocycles. The minimum absolute atomic E-state index is 0.0158. The lowest BCUT2D eigenvalue weighted by Gasteiger charge is -2.08. The normalized spacial score (nSPS) is 17.9. The molecule has 94 valence electrons. The van der Waals surface area contributed by atoms with Gasteiger partial charge in [-0.1, -0.05) is 37.4 Å². The highest BCUT2D eigenvalue weighted by Crippen LogP contribution is 2.30. The zero-order chi connectivity index (χ0) is 12.1. The number of aliphatic carboxylic acids is 1. The van der Waals surface area contributed by atoms with Gasteiger partial charge in [-0.05, 0) is 12.8 Å². The fraction of sp³-hybridized carbons (Fsp3) is 0.727. The molecule has 2 rings (SSSR count). The third-order valence-electron chi connectivity index (χ3n) is 3.05. The van der Waals surface area contributed by atoms with Crippen LogP contribution < -0.4 is 0 Å². The van der Waals surface area contributed by atoms with Gasteiger partial charge in [-0.2, -0.15) is 0 Å². The van der Waals surface area contributed by atoms with Crippen LogP contribution in [0.5, 0.6) is 0 Å². The van der Waals surface area contributed by atoms with Crippen LogP contribution in [0.15, 0.2) is 5.16 Å². The molecule has 0 aliphatic heterocycles. The second-order valence-corrected chi connectivity index (χ2v) is 5.32. The van der Waals surface area contributed by atoms with Crippen LogP contribution in [0.4, 0.5) is 0 Å². The topological polar surface area (TPSA) is 78.9 Å². The molecule has 0 saturated heterocycles. The molecule has 0 unspecified atom stereocenters. The van der Waals surface area contributed by atoms with Crippen molar-refractivity contribution >= 4 is 17.7 Å². The molecule has 0 radical (unpaired) electrons. The molecule has 0 aromatic carbocycles. The minimum Gasteiger partial charge on any atom is -0.481 e. The van der Waals surface area contributed by atoms with Crippen molar-refractivity contribution in [1.82, 2.24) is 15.2 Å². The first-order valence-corrected chi connectivity index (χ1v) is 7.01. The Hall–Kier alpha value is -1.04. The van der Waals surface area contributed by atoms with Gasteiger partial charge >= 0.3 is 5.97 Å². The van der Waals surface area contributed by atoms with Crippen molar-refractivity contribution in [1.29, 1.82) is 0 Å². The number of carboxylic acid groups (broad SMARTS) is 1. The van der Waals surface area contributed by atoms with Crippen LogP contribution in [0.2, 0.25) is 0 Å². The SMILES string of the molecule is O=C(O)CSc1n[nH]c(C2CCCCCC2)n1. The third-order valence-corrected chi connectivity index (χ3v) is 3.88. The molecule has 1 aromatic heterocycles. The van der Waals surface area contributed by atoms with E-state index in [1.165, 1.54) is 37.4 Å². The van der Waals surface area contributed by atoms with Gasteiger partial charge in [0, 0.05) is 5.92 Å². The van der Waals surface area contributed by atoms with E-state index in [0.29, 0.717) is 11.1 Å². The highest BCUT2D eigenvalue weighted by Gasteiger charge is 2.18. The molecule has 1 heterocycles. The van der Waals surface area contributed by atoms with Gasteiger partial charge in [-0.15, -0.1) is 5.10 Å². The minimum atomic E-state index is -0.837. The van der Waals surface area contributed by atoms with Crippen LogP contribution in [0.3, 0.4) is 0 Å². The van der Waals surface area contributed by atoms with Crippen LogP contribution in [0.1, 0.15) is 50.3 Å². The molecule has 1 fully saturated rings. The highest BCUT2D eigenvalue weighted by atomic mass is 32.2. The lowest BCUT2D eigenvalue weighted by molar-refractivity contribution is -0.133. The van der Waals surface area contributed by atoms with E-state index < -0.39 is 5.97 Å². The Morgan fingerprint density at radius 3 is 2.71 bits per heavy atom. The fourth-order valence-corrected chi connectivity index (χ4v) is 2.71. The number of hydrogen-bond acceptors (Lipinski definition) is 4. The van der Waals surface area contributed by atoms with E-state index in [2.05, 4.69) is 15.2 Å². The van der Waals surface area contributed by atoms with E-state index in [4.69, 9.17) is 5.11 Å². The summed E-state index contributed by atoms with van der Waals surface area (Å²) in [4.78, 5) is 14.8. The standard InChI is InChI=1S/C11H17N3O2S/c15-9(16)7-17-11-12-10(13-14-11)8-5-3-1-2-4-6-8/h8H,1-7H2,(H,15,16)(H,12,13,14). The molecule has 5 nitrogen and oxygen atoms in total. The van der Waals surface area contributed by atoms with Gasteiger partial charge in [0.25, 0.3) is 0 Å². The number of H-pyrrole nitrogens is 1. The number of thioether (sulfide) groups is 1. The molecule has 0 bridgehead atoms. The number of aromatic amines is 1. The summed E-state index contributed by atoms with van der Waals surface area (Å²) in [5.41, 5.74) is 0. The van der Waals surface area contributed by atoms with Crippen LogP contribution in [-0.2, 0) is 4.79 Å². The predicted octanol–water partition coefficient (Wildman–Crippen LogP) is 2.42. The Balaban J connectivity index is 1.94. The first-order chi connectivity index (χ1) is 8.25. The maximum atomic E-state index is 10.4. The molecule has 1 aliphatic rings. The number of rotatable bonds is 4. The van der Waals surface area contributed by atoms with Crippen molar-refractivity contribution in [3.63, 3.8) is 0 Å². The summed E-state index contributed by atoms with van der Waals surface area (Å²) in [5, 5.41) is 16.1. The molecule has 0 spiro atoms. The van der Waals surface area contributed by atoms with Crippen molar-refractivity contribution in [3.05, 3.63) is 5.82 Å². The Bertz CT molecular complexity index is 373. The summed E-state index contributed by atoms with van der Waals surface area (Å²) in [6.45, 7) is 0. The molecule has 17 heavy (non-hydrogen) atoms. The molecule has 2 N–H and O–H groups in total. The van der Waals surface area contributed by atoms with Gasteiger partial charge in [0.1, 0.15) is 5.82 Å². The van der Waals surface area contributed by atoms with Gasteiger partial charge in [0.05, 0.1) is 5.75 Å². The van der Waals surface area contributed by atoms with Gasteiger partial charge in [0.15, 0.2) is 0 Å². The second kappa shape index (κ2) is 6.05. The lowest BCUT2D eigenvalue weighted by Crippen LogP contribution is -2.00. The summed E-state index contributed by atoms with van der Waals surface area (Å²) in [6, 6.07) is 0. The van der Waals surface area contributed by atoms with E-state index >= 15 is 0 Å². The fourth-order valence-electron chi connectivity index (χ4n) is 2.18. The molecular weight excluding hydrogens is 238 g/mol. The number of nitrogens with zero attached hydrogens (tertiary/aromatic N) is 2. The third kappa shape index (κ3) is 3.73. The van der Waals surface area contributed by atoms with Gasteiger partial charge in [-0.25, -0.2) is 4.98 Å². The van der Waals surface area contributed by atoms with E-state index in [0.717, 1.165) is 18.7 Å². The van der Waals surface area contributed by atoms with Gasteiger partial charge in [0.2, 0.25) is 5.16 Å². The Labute approximate surface area is 104 Å². The van der Waals surface area contributed by atoms with E-state index in [1.54, 1.807) is 0 Å². The number of hydrogen-bond donors (Lipinski definition) is 2. The average Bonchev–Trinajstić information content (AvgIpc) is 2.60. The number of carboxylic acids is 1. The summed E-state index contributed by atoms with van der Waals surface area (Å²) in [7, 11) is 0. The van der Waals surface area contributed by atoms with Crippen molar-refractivity contribution < 1.29 is 9.90 Å². The number of carbonyl (C=O) groups is 1. The Kier molecular flexibility index (Phi) is 4.42.